The Morgan fingerprint density at radius 1 is 0.880 bits per heavy atom. The highest BCUT2D eigenvalue weighted by molar-refractivity contribution is 6.17. The number of ether oxygens (including phenoxy) is 1. The number of carbonyl (C=O) groups excluding carboxylic acids is 1. The van der Waals surface area contributed by atoms with Gasteiger partial charge in [-0.3, -0.25) is 0 Å². The zero-order chi connectivity index (χ0) is 18.4. The van der Waals surface area contributed by atoms with Gasteiger partial charge in [0.15, 0.2) is 0 Å². The van der Waals surface area contributed by atoms with Crippen LogP contribution in [-0.2, 0) is 4.74 Å². The second kappa shape index (κ2) is 13.1. The molecule has 0 spiro atoms. The van der Waals surface area contributed by atoms with Gasteiger partial charge in [0, 0.05) is 18.7 Å². The molecule has 2 nitrogen and oxygen atoms in total. The van der Waals surface area contributed by atoms with Crippen LogP contribution < -0.4 is 0 Å². The molecule has 1 aromatic carbocycles. The number of alkyl halides is 3. The van der Waals surface area contributed by atoms with E-state index < -0.39 is 5.92 Å². The van der Waals surface area contributed by atoms with E-state index in [1.165, 1.54) is 0 Å². The lowest BCUT2D eigenvalue weighted by molar-refractivity contribution is -0.0206. The molecular weight excluding hydrogens is 346 g/mol. The molecule has 0 saturated carbocycles. The van der Waals surface area contributed by atoms with Crippen molar-refractivity contribution in [3.63, 3.8) is 0 Å². The summed E-state index contributed by atoms with van der Waals surface area (Å²) in [5.74, 6) is -2.28. The highest BCUT2D eigenvalue weighted by Crippen LogP contribution is 2.28. The molecule has 1 aromatic rings. The van der Waals surface area contributed by atoms with E-state index in [9.17, 15) is 13.6 Å². The molecule has 0 bridgehead atoms. The van der Waals surface area contributed by atoms with E-state index in [0.29, 0.717) is 37.3 Å². The minimum absolute atomic E-state index is 0.0238. The molecule has 0 aliphatic carbocycles. The van der Waals surface area contributed by atoms with Gasteiger partial charge in [-0.2, -0.15) is 0 Å². The van der Waals surface area contributed by atoms with Gasteiger partial charge < -0.3 is 4.74 Å². The van der Waals surface area contributed by atoms with E-state index >= 15 is 0 Å². The van der Waals surface area contributed by atoms with Crippen LogP contribution in [0.25, 0.3) is 0 Å². The topological polar surface area (TPSA) is 26.3 Å². The van der Waals surface area contributed by atoms with Gasteiger partial charge in [-0.1, -0.05) is 43.9 Å². The van der Waals surface area contributed by atoms with Gasteiger partial charge in [-0.05, 0) is 37.8 Å². The Morgan fingerprint density at radius 3 is 2.04 bits per heavy atom. The van der Waals surface area contributed by atoms with Crippen molar-refractivity contribution in [2.24, 2.45) is 0 Å². The van der Waals surface area contributed by atoms with Crippen LogP contribution in [0.4, 0.5) is 8.78 Å². The summed E-state index contributed by atoms with van der Waals surface area (Å²) < 4.78 is 32.6. The van der Waals surface area contributed by atoms with Crippen molar-refractivity contribution in [2.45, 2.75) is 70.1 Å². The Balaban J connectivity index is 1.99. The van der Waals surface area contributed by atoms with Gasteiger partial charge in [0.25, 0.3) is 0 Å². The largest absolute Gasteiger partial charge is 0.462 e. The van der Waals surface area contributed by atoms with Gasteiger partial charge >= 0.3 is 5.97 Å². The van der Waals surface area contributed by atoms with Crippen LogP contribution in [0.5, 0.6) is 0 Å². The lowest BCUT2D eigenvalue weighted by atomic mass is 10.0. The van der Waals surface area contributed by atoms with E-state index in [1.54, 1.807) is 24.3 Å². The number of esters is 1. The summed E-state index contributed by atoms with van der Waals surface area (Å²) in [4.78, 5) is 11.7. The van der Waals surface area contributed by atoms with Gasteiger partial charge in [0.1, 0.15) is 0 Å². The highest BCUT2D eigenvalue weighted by atomic mass is 35.5. The normalized spacial score (nSPS) is 11.5. The van der Waals surface area contributed by atoms with Gasteiger partial charge in [-0.15, -0.1) is 11.6 Å². The number of rotatable bonds is 14. The van der Waals surface area contributed by atoms with E-state index in [0.717, 1.165) is 32.1 Å². The van der Waals surface area contributed by atoms with Crippen LogP contribution in [0.2, 0.25) is 0 Å². The molecule has 0 fully saturated rings. The van der Waals surface area contributed by atoms with Crippen LogP contribution >= 0.6 is 11.6 Å². The summed E-state index contributed by atoms with van der Waals surface area (Å²) in [6.45, 7) is 0.338. The molecule has 0 radical (unpaired) electrons. The third kappa shape index (κ3) is 11.1. The average molecular weight is 375 g/mol. The maximum absolute atomic E-state index is 13.7. The third-order valence-corrected chi connectivity index (χ3v) is 4.37. The summed E-state index contributed by atoms with van der Waals surface area (Å²) >= 11 is 5.56. The second-order valence-corrected chi connectivity index (χ2v) is 6.75. The molecular formula is C20H29ClF2O2. The van der Waals surface area contributed by atoms with Crippen LogP contribution in [-0.4, -0.2) is 24.4 Å². The summed E-state index contributed by atoms with van der Waals surface area (Å²) in [5.41, 5.74) is 0.535. The zero-order valence-electron chi connectivity index (χ0n) is 14.8. The first-order valence-corrected chi connectivity index (χ1v) is 9.74. The molecule has 0 N–H and O–H groups in total. The quantitative estimate of drug-likeness (QED) is 0.208. The molecule has 25 heavy (non-hydrogen) atoms. The Bertz CT molecular complexity index is 466. The summed E-state index contributed by atoms with van der Waals surface area (Å²) in [5, 5.41) is 0. The Labute approximate surface area is 154 Å². The number of carbonyl (C=O) groups is 1. The number of hydrogen-bond donors (Lipinski definition) is 0. The van der Waals surface area contributed by atoms with E-state index in [2.05, 4.69) is 0 Å². The number of halogens is 3. The molecule has 5 heteroatoms. The molecule has 142 valence electrons. The van der Waals surface area contributed by atoms with E-state index in [-0.39, 0.29) is 18.8 Å². The average Bonchev–Trinajstić information content (AvgIpc) is 2.61. The smallest absolute Gasteiger partial charge is 0.338 e. The molecule has 0 atom stereocenters. The maximum Gasteiger partial charge on any atom is 0.338 e. The van der Waals surface area contributed by atoms with Crippen molar-refractivity contribution < 1.29 is 18.3 Å². The molecule has 0 aliphatic rings. The van der Waals surface area contributed by atoms with Crippen molar-refractivity contribution in [1.29, 1.82) is 0 Å². The fraction of sp³-hybridized carbons (Fsp3) is 0.650. The van der Waals surface area contributed by atoms with Crippen LogP contribution in [0, 0.1) is 0 Å². The predicted octanol–water partition coefficient (Wildman–Crippen LogP) is 6.62. The Kier molecular flexibility index (Phi) is 11.5. The first-order chi connectivity index (χ1) is 12.0. The number of unbranched alkanes of at least 4 members (excludes halogenated alkanes) is 6. The summed E-state index contributed by atoms with van der Waals surface area (Å²) in [6, 6.07) is 8.83. The monoisotopic (exact) mass is 374 g/mol. The fourth-order valence-corrected chi connectivity index (χ4v) is 2.81. The molecule has 0 saturated heterocycles. The first-order valence-electron chi connectivity index (χ1n) is 9.21. The standard InChI is InChI=1S/C20H29ClF2O2/c21-16-10-3-1-8-14-20(22,23)15-9-2-4-11-17-25-19(24)18-12-6-5-7-13-18/h5-7,12-13H,1-4,8-11,14-17H2. The van der Waals surface area contributed by atoms with Crippen LogP contribution in [0.3, 0.4) is 0 Å². The van der Waals surface area contributed by atoms with Crippen LogP contribution in [0.15, 0.2) is 30.3 Å². The second-order valence-electron chi connectivity index (χ2n) is 6.38. The molecule has 0 aromatic heterocycles. The first kappa shape index (κ1) is 21.9. The fourth-order valence-electron chi connectivity index (χ4n) is 2.62. The molecule has 0 unspecified atom stereocenters. The van der Waals surface area contributed by atoms with Crippen molar-refractivity contribution >= 4 is 17.6 Å². The van der Waals surface area contributed by atoms with Crippen molar-refractivity contribution in [1.82, 2.24) is 0 Å². The van der Waals surface area contributed by atoms with Gasteiger partial charge in [-0.25, -0.2) is 13.6 Å². The third-order valence-electron chi connectivity index (χ3n) is 4.11. The van der Waals surface area contributed by atoms with Gasteiger partial charge in [0.2, 0.25) is 5.92 Å². The Morgan fingerprint density at radius 2 is 1.44 bits per heavy atom. The SMILES string of the molecule is O=C(OCCCCCCC(F)(F)CCCCCCCl)c1ccccc1. The zero-order valence-corrected chi connectivity index (χ0v) is 15.6. The number of hydrogen-bond acceptors (Lipinski definition) is 2. The number of benzene rings is 1. The predicted molar refractivity (Wildman–Crippen MR) is 98.6 cm³/mol. The molecule has 0 heterocycles. The Hall–Kier alpha value is -1.16. The molecule has 0 aliphatic heterocycles. The minimum atomic E-state index is -2.55. The highest BCUT2D eigenvalue weighted by Gasteiger charge is 2.26. The maximum atomic E-state index is 13.7. The molecule has 1 rings (SSSR count). The van der Waals surface area contributed by atoms with Gasteiger partial charge in [0.05, 0.1) is 12.2 Å². The summed E-state index contributed by atoms with van der Waals surface area (Å²) in [7, 11) is 0. The van der Waals surface area contributed by atoms with E-state index in [1.807, 2.05) is 6.07 Å². The van der Waals surface area contributed by atoms with Crippen molar-refractivity contribution in [3.05, 3.63) is 35.9 Å². The van der Waals surface area contributed by atoms with Crippen LogP contribution in [0.1, 0.15) is 74.6 Å². The lowest BCUT2D eigenvalue weighted by Gasteiger charge is -2.16. The van der Waals surface area contributed by atoms with Crippen molar-refractivity contribution in [3.8, 4) is 0 Å². The minimum Gasteiger partial charge on any atom is -0.462 e. The lowest BCUT2D eigenvalue weighted by Crippen LogP contribution is -2.15. The summed E-state index contributed by atoms with van der Waals surface area (Å²) in [6.07, 6.45) is 5.93. The van der Waals surface area contributed by atoms with E-state index in [4.69, 9.17) is 16.3 Å². The molecule has 0 amide bonds. The van der Waals surface area contributed by atoms with Crippen molar-refractivity contribution in [2.75, 3.05) is 12.5 Å².